The maximum atomic E-state index is 12.0. The number of amides is 1. The van der Waals surface area contributed by atoms with E-state index in [1.807, 2.05) is 0 Å². The van der Waals surface area contributed by atoms with Gasteiger partial charge in [0, 0.05) is 11.8 Å². The van der Waals surface area contributed by atoms with E-state index in [-0.39, 0.29) is 12.5 Å². The number of anilines is 1. The van der Waals surface area contributed by atoms with Crippen molar-refractivity contribution >= 4 is 40.8 Å². The van der Waals surface area contributed by atoms with Crippen LogP contribution in [0.5, 0.6) is 0 Å². The summed E-state index contributed by atoms with van der Waals surface area (Å²) in [4.78, 5) is 23.1. The number of esters is 1. The van der Waals surface area contributed by atoms with Crippen molar-refractivity contribution < 1.29 is 14.3 Å². The number of halogens is 2. The zero-order valence-corrected chi connectivity index (χ0v) is 12.5. The van der Waals surface area contributed by atoms with Crippen LogP contribution in [0, 0.1) is 0 Å². The molecule has 2 rings (SSSR count). The van der Waals surface area contributed by atoms with Crippen molar-refractivity contribution in [1.82, 2.24) is 9.78 Å². The number of carbonyl (C=O) groups excluding carboxylic acids is 2. The van der Waals surface area contributed by atoms with Gasteiger partial charge in [0.15, 0.2) is 0 Å². The fraction of sp³-hybridized carbons (Fsp3) is 0.154. The number of methoxy groups -OCH3 is 1. The molecule has 1 N–H and O–H groups in total. The number of nitrogens with one attached hydrogen (secondary N) is 1. The lowest BCUT2D eigenvalue weighted by Gasteiger charge is -2.03. The van der Waals surface area contributed by atoms with Crippen LogP contribution < -0.4 is 5.32 Å². The van der Waals surface area contributed by atoms with Crippen LogP contribution >= 0.6 is 23.2 Å². The molecule has 0 aliphatic rings. The Kier molecular flexibility index (Phi) is 4.82. The van der Waals surface area contributed by atoms with Crippen molar-refractivity contribution in [3.05, 3.63) is 46.2 Å². The Balaban J connectivity index is 2.05. The van der Waals surface area contributed by atoms with E-state index in [4.69, 9.17) is 23.2 Å². The molecule has 0 spiro atoms. The second-order valence-electron chi connectivity index (χ2n) is 4.09. The van der Waals surface area contributed by atoms with E-state index in [1.54, 1.807) is 12.1 Å². The van der Waals surface area contributed by atoms with E-state index in [2.05, 4.69) is 15.2 Å². The molecule has 6 nitrogen and oxygen atoms in total. The molecule has 0 saturated carbocycles. The van der Waals surface area contributed by atoms with Crippen LogP contribution in [0.1, 0.15) is 10.4 Å². The van der Waals surface area contributed by atoms with E-state index in [1.165, 1.54) is 30.3 Å². The molecule has 110 valence electrons. The van der Waals surface area contributed by atoms with Gasteiger partial charge in [-0.15, -0.1) is 0 Å². The third kappa shape index (κ3) is 3.96. The van der Waals surface area contributed by atoms with Crippen LogP contribution in [0.25, 0.3) is 0 Å². The highest BCUT2D eigenvalue weighted by atomic mass is 35.5. The standard InChI is InChI=1S/C13H11Cl2N3O3/c1-21-12(19)7-18-6-9(5-16-18)17-13(20)8-2-3-10(14)11(15)4-8/h2-6H,7H2,1H3,(H,17,20). The molecule has 0 aliphatic heterocycles. The first kappa shape index (κ1) is 15.3. The number of hydrogen-bond acceptors (Lipinski definition) is 4. The van der Waals surface area contributed by atoms with Gasteiger partial charge in [-0.05, 0) is 18.2 Å². The van der Waals surface area contributed by atoms with E-state index >= 15 is 0 Å². The molecule has 8 heteroatoms. The van der Waals surface area contributed by atoms with E-state index in [0.717, 1.165) is 0 Å². The molecule has 0 atom stereocenters. The number of hydrogen-bond donors (Lipinski definition) is 1. The molecule has 1 aromatic heterocycles. The van der Waals surface area contributed by atoms with Gasteiger partial charge in [-0.1, -0.05) is 23.2 Å². The molecule has 0 aliphatic carbocycles. The summed E-state index contributed by atoms with van der Waals surface area (Å²) in [5.41, 5.74) is 0.820. The normalized spacial score (nSPS) is 10.2. The highest BCUT2D eigenvalue weighted by Gasteiger charge is 2.10. The van der Waals surface area contributed by atoms with E-state index in [0.29, 0.717) is 21.3 Å². The van der Waals surface area contributed by atoms with Gasteiger partial charge in [-0.2, -0.15) is 5.10 Å². The third-order valence-corrected chi connectivity index (χ3v) is 3.33. The average molecular weight is 328 g/mol. The Morgan fingerprint density at radius 2 is 2.10 bits per heavy atom. The smallest absolute Gasteiger partial charge is 0.327 e. The Morgan fingerprint density at radius 3 is 2.76 bits per heavy atom. The maximum absolute atomic E-state index is 12.0. The first-order chi connectivity index (χ1) is 9.99. The van der Waals surface area contributed by atoms with Crippen LogP contribution in [0.4, 0.5) is 5.69 Å². The van der Waals surface area contributed by atoms with Gasteiger partial charge in [-0.25, -0.2) is 0 Å². The summed E-state index contributed by atoms with van der Waals surface area (Å²) in [6.45, 7) is -0.0286. The molecule has 2 aromatic rings. The number of carbonyl (C=O) groups is 2. The number of aromatic nitrogens is 2. The van der Waals surface area contributed by atoms with E-state index < -0.39 is 5.97 Å². The quantitative estimate of drug-likeness (QED) is 0.876. The first-order valence-electron chi connectivity index (χ1n) is 5.85. The maximum Gasteiger partial charge on any atom is 0.327 e. The van der Waals surface area contributed by atoms with Crippen LogP contribution in [0.3, 0.4) is 0 Å². The lowest BCUT2D eigenvalue weighted by Crippen LogP contribution is -2.12. The average Bonchev–Trinajstić information content (AvgIpc) is 2.88. The van der Waals surface area contributed by atoms with Crippen molar-refractivity contribution in [2.75, 3.05) is 12.4 Å². The number of benzene rings is 1. The van der Waals surface area contributed by atoms with Crippen LogP contribution in [0.15, 0.2) is 30.6 Å². The van der Waals surface area contributed by atoms with Gasteiger partial charge in [-0.3, -0.25) is 14.3 Å². The van der Waals surface area contributed by atoms with Crippen LogP contribution in [0.2, 0.25) is 10.0 Å². The molecule has 0 radical (unpaired) electrons. The lowest BCUT2D eigenvalue weighted by molar-refractivity contribution is -0.141. The van der Waals surface area contributed by atoms with Crippen molar-refractivity contribution in [2.45, 2.75) is 6.54 Å². The summed E-state index contributed by atoms with van der Waals surface area (Å²) in [5.74, 6) is -0.786. The second-order valence-corrected chi connectivity index (χ2v) is 4.90. The largest absolute Gasteiger partial charge is 0.468 e. The molecular formula is C13H11Cl2N3O3. The van der Waals surface area contributed by atoms with Crippen molar-refractivity contribution in [3.63, 3.8) is 0 Å². The minimum absolute atomic E-state index is 0.0286. The van der Waals surface area contributed by atoms with Crippen molar-refractivity contribution in [2.24, 2.45) is 0 Å². The molecule has 1 amide bonds. The summed E-state index contributed by atoms with van der Waals surface area (Å²) in [5, 5.41) is 7.25. The summed E-state index contributed by atoms with van der Waals surface area (Å²) < 4.78 is 5.88. The Hall–Kier alpha value is -2.05. The second kappa shape index (κ2) is 6.60. The molecule has 0 saturated heterocycles. The number of nitrogens with zero attached hydrogens (tertiary/aromatic N) is 2. The topological polar surface area (TPSA) is 73.2 Å². The van der Waals surface area contributed by atoms with Gasteiger partial charge < -0.3 is 10.1 Å². The number of ether oxygens (including phenoxy) is 1. The van der Waals surface area contributed by atoms with Crippen LogP contribution in [-0.4, -0.2) is 28.8 Å². The van der Waals surface area contributed by atoms with Gasteiger partial charge in [0.25, 0.3) is 5.91 Å². The summed E-state index contributed by atoms with van der Waals surface area (Å²) in [6.07, 6.45) is 2.95. The minimum atomic E-state index is -0.430. The Morgan fingerprint density at radius 1 is 1.33 bits per heavy atom. The monoisotopic (exact) mass is 327 g/mol. The SMILES string of the molecule is COC(=O)Cn1cc(NC(=O)c2ccc(Cl)c(Cl)c2)cn1. The van der Waals surface area contributed by atoms with Gasteiger partial charge >= 0.3 is 5.97 Å². The summed E-state index contributed by atoms with van der Waals surface area (Å²) in [7, 11) is 1.29. The van der Waals surface area contributed by atoms with Crippen molar-refractivity contribution in [1.29, 1.82) is 0 Å². The minimum Gasteiger partial charge on any atom is -0.468 e. The highest BCUT2D eigenvalue weighted by molar-refractivity contribution is 6.42. The third-order valence-electron chi connectivity index (χ3n) is 2.59. The molecule has 1 aromatic carbocycles. The zero-order valence-electron chi connectivity index (χ0n) is 11.0. The highest BCUT2D eigenvalue weighted by Crippen LogP contribution is 2.23. The number of rotatable bonds is 4. The molecule has 0 fully saturated rings. The predicted octanol–water partition coefficient (Wildman–Crippen LogP) is 2.62. The Bertz CT molecular complexity index is 685. The Labute approximate surface area is 130 Å². The zero-order chi connectivity index (χ0) is 15.4. The summed E-state index contributed by atoms with van der Waals surface area (Å²) >= 11 is 11.6. The predicted molar refractivity (Wildman–Crippen MR) is 78.7 cm³/mol. The van der Waals surface area contributed by atoms with Gasteiger partial charge in [0.05, 0.1) is 29.0 Å². The summed E-state index contributed by atoms with van der Waals surface area (Å²) in [6, 6.07) is 4.57. The van der Waals surface area contributed by atoms with E-state index in [9.17, 15) is 9.59 Å². The molecule has 0 bridgehead atoms. The van der Waals surface area contributed by atoms with Gasteiger partial charge in [0.1, 0.15) is 6.54 Å². The molecule has 1 heterocycles. The molecule has 0 unspecified atom stereocenters. The fourth-order valence-electron chi connectivity index (χ4n) is 1.55. The fourth-order valence-corrected chi connectivity index (χ4v) is 1.85. The lowest BCUT2D eigenvalue weighted by atomic mass is 10.2. The molecular weight excluding hydrogens is 317 g/mol. The first-order valence-corrected chi connectivity index (χ1v) is 6.61. The van der Waals surface area contributed by atoms with Crippen molar-refractivity contribution in [3.8, 4) is 0 Å². The van der Waals surface area contributed by atoms with Gasteiger partial charge in [0.2, 0.25) is 0 Å². The molecule has 21 heavy (non-hydrogen) atoms. The van der Waals surface area contributed by atoms with Crippen LogP contribution in [-0.2, 0) is 16.1 Å².